The van der Waals surface area contributed by atoms with Gasteiger partial charge in [0.15, 0.2) is 0 Å². The Morgan fingerprint density at radius 2 is 2.04 bits per heavy atom. The summed E-state index contributed by atoms with van der Waals surface area (Å²) in [5.74, 6) is -0.184. The smallest absolute Gasteiger partial charge is 0.233 e. The van der Waals surface area contributed by atoms with Crippen molar-refractivity contribution in [3.05, 3.63) is 68.7 Å². The predicted molar refractivity (Wildman–Crippen MR) is 96.9 cm³/mol. The fourth-order valence-electron chi connectivity index (χ4n) is 3.78. The molecule has 2 atom stereocenters. The van der Waals surface area contributed by atoms with Crippen LogP contribution in [0.25, 0.3) is 0 Å². The number of hydrogen-bond donors (Lipinski definition) is 0. The van der Waals surface area contributed by atoms with Crippen LogP contribution in [0.5, 0.6) is 0 Å². The van der Waals surface area contributed by atoms with Gasteiger partial charge in [0.05, 0.1) is 29.7 Å². The predicted octanol–water partition coefficient (Wildman–Crippen LogP) is 4.52. The average Bonchev–Trinajstić information content (AvgIpc) is 2.83. The number of halogens is 2. The maximum atomic E-state index is 13.1. The molecule has 0 bridgehead atoms. The van der Waals surface area contributed by atoms with Gasteiger partial charge in [-0.3, -0.25) is 4.79 Å². The first-order valence-electron chi connectivity index (χ1n) is 7.93. The Hall–Kier alpha value is -1.36. The molecule has 1 saturated heterocycles. The number of likely N-dealkylation sites (tertiary alicyclic amines) is 1. The van der Waals surface area contributed by atoms with Crippen LogP contribution in [0, 0.1) is 0 Å². The molecule has 124 valence electrons. The first-order chi connectivity index (χ1) is 11.5. The van der Waals surface area contributed by atoms with Gasteiger partial charge in [0.1, 0.15) is 0 Å². The van der Waals surface area contributed by atoms with Crippen molar-refractivity contribution >= 4 is 33.4 Å². The second-order valence-corrected chi connectivity index (χ2v) is 7.88. The lowest BCUT2D eigenvalue weighted by molar-refractivity contribution is -0.131. The van der Waals surface area contributed by atoms with Gasteiger partial charge in [0.2, 0.25) is 5.91 Å². The van der Waals surface area contributed by atoms with Crippen LogP contribution >= 0.6 is 27.5 Å². The van der Waals surface area contributed by atoms with Crippen molar-refractivity contribution in [1.29, 1.82) is 0 Å². The van der Waals surface area contributed by atoms with Crippen molar-refractivity contribution in [3.63, 3.8) is 0 Å². The molecule has 0 spiro atoms. The van der Waals surface area contributed by atoms with Crippen molar-refractivity contribution in [2.24, 2.45) is 0 Å². The van der Waals surface area contributed by atoms with Crippen LogP contribution in [-0.4, -0.2) is 23.0 Å². The fraction of sp³-hybridized carbons (Fsp3) is 0.316. The van der Waals surface area contributed by atoms with E-state index in [1.807, 2.05) is 54.3 Å². The summed E-state index contributed by atoms with van der Waals surface area (Å²) in [4.78, 5) is 15.0. The topological polar surface area (TPSA) is 29.5 Å². The van der Waals surface area contributed by atoms with Crippen molar-refractivity contribution in [3.8, 4) is 0 Å². The first kappa shape index (κ1) is 16.1. The Labute approximate surface area is 154 Å². The van der Waals surface area contributed by atoms with Gasteiger partial charge >= 0.3 is 0 Å². The van der Waals surface area contributed by atoms with E-state index < -0.39 is 5.60 Å². The molecule has 0 aliphatic carbocycles. The number of carbonyl (C=O) groups excluding carboxylic acids is 1. The molecule has 3 nitrogen and oxygen atoms in total. The van der Waals surface area contributed by atoms with Crippen LogP contribution in [0.4, 0.5) is 0 Å². The zero-order chi connectivity index (χ0) is 16.9. The third kappa shape index (κ3) is 2.48. The number of fused-ring (bicyclic) bond motifs is 3. The molecular weight excluding hydrogens is 390 g/mol. The van der Waals surface area contributed by atoms with Crippen molar-refractivity contribution in [2.45, 2.75) is 31.6 Å². The number of ether oxygens (including phenoxy) is 1. The van der Waals surface area contributed by atoms with Crippen LogP contribution in [0.3, 0.4) is 0 Å². The molecule has 2 unspecified atom stereocenters. The third-order valence-corrected chi connectivity index (χ3v) is 6.30. The van der Waals surface area contributed by atoms with E-state index >= 15 is 0 Å². The highest BCUT2D eigenvalue weighted by molar-refractivity contribution is 9.10. The number of carbonyl (C=O) groups is 1. The third-order valence-electron chi connectivity index (χ3n) is 4.98. The van der Waals surface area contributed by atoms with E-state index in [2.05, 4.69) is 15.9 Å². The molecule has 2 aromatic carbocycles. The van der Waals surface area contributed by atoms with E-state index in [-0.39, 0.29) is 11.8 Å². The van der Waals surface area contributed by atoms with Crippen molar-refractivity contribution in [2.75, 3.05) is 6.54 Å². The summed E-state index contributed by atoms with van der Waals surface area (Å²) in [6.07, 6.45) is 0. The van der Waals surface area contributed by atoms with Gasteiger partial charge in [-0.05, 0) is 40.0 Å². The molecule has 0 aromatic heterocycles. The summed E-state index contributed by atoms with van der Waals surface area (Å²) in [6, 6.07) is 14.0. The number of benzene rings is 2. The Kier molecular flexibility index (Phi) is 3.94. The molecule has 1 amide bonds. The molecule has 1 fully saturated rings. The second kappa shape index (κ2) is 5.87. The Morgan fingerprint density at radius 3 is 2.79 bits per heavy atom. The average molecular weight is 407 g/mol. The lowest BCUT2D eigenvalue weighted by Gasteiger charge is -2.36. The van der Waals surface area contributed by atoms with Gasteiger partial charge < -0.3 is 9.64 Å². The van der Waals surface area contributed by atoms with E-state index in [1.54, 1.807) is 0 Å². The Bertz CT molecular complexity index is 811. The van der Waals surface area contributed by atoms with Crippen LogP contribution < -0.4 is 0 Å². The summed E-state index contributed by atoms with van der Waals surface area (Å²) in [5, 5.41) is 0.642. The van der Waals surface area contributed by atoms with Gasteiger partial charge in [-0.2, -0.15) is 0 Å². The lowest BCUT2D eigenvalue weighted by atomic mass is 9.81. The molecule has 2 aliphatic rings. The minimum atomic E-state index is -0.504. The molecule has 5 heteroatoms. The minimum Gasteiger partial charge on any atom is -0.368 e. The highest BCUT2D eigenvalue weighted by atomic mass is 79.9. The Balaban J connectivity index is 1.70. The minimum absolute atomic E-state index is 0.112. The lowest BCUT2D eigenvalue weighted by Crippen LogP contribution is -2.40. The van der Waals surface area contributed by atoms with Crippen molar-refractivity contribution < 1.29 is 9.53 Å². The van der Waals surface area contributed by atoms with Gasteiger partial charge in [0, 0.05) is 16.6 Å². The summed E-state index contributed by atoms with van der Waals surface area (Å²) in [6.45, 7) is 3.67. The summed E-state index contributed by atoms with van der Waals surface area (Å²) < 4.78 is 6.96. The fourth-order valence-corrected chi connectivity index (χ4v) is 4.38. The summed E-state index contributed by atoms with van der Waals surface area (Å²) >= 11 is 9.86. The summed E-state index contributed by atoms with van der Waals surface area (Å²) in [5.41, 5.74) is 2.54. The highest BCUT2D eigenvalue weighted by Gasteiger charge is 2.53. The normalized spacial score (nSPS) is 25.5. The number of rotatable bonds is 2. The monoisotopic (exact) mass is 405 g/mol. The van der Waals surface area contributed by atoms with Crippen LogP contribution in [0.1, 0.15) is 29.5 Å². The standard InChI is InChI=1S/C19H17BrClNO2/c1-19-11-22(9-12-5-3-2-4-6-12)18(23)16(19)13-7-8-15(20)17(21)14(13)10-24-19/h2-8,16H,9-11H2,1H3. The zero-order valence-corrected chi connectivity index (χ0v) is 15.6. The number of nitrogens with zero attached hydrogens (tertiary/aromatic N) is 1. The van der Waals surface area contributed by atoms with Gasteiger partial charge in [-0.25, -0.2) is 0 Å². The van der Waals surface area contributed by atoms with E-state index in [0.717, 1.165) is 21.2 Å². The molecule has 0 radical (unpaired) electrons. The summed E-state index contributed by atoms with van der Waals surface area (Å²) in [7, 11) is 0. The van der Waals surface area contributed by atoms with E-state index in [0.29, 0.717) is 24.7 Å². The van der Waals surface area contributed by atoms with Gasteiger partial charge in [-0.1, -0.05) is 48.0 Å². The SMILES string of the molecule is CC12CN(Cc3ccccc3)C(=O)C1c1ccc(Br)c(Cl)c1CO2. The number of amides is 1. The number of hydrogen-bond acceptors (Lipinski definition) is 2. The molecule has 2 heterocycles. The van der Waals surface area contributed by atoms with E-state index in [4.69, 9.17) is 16.3 Å². The van der Waals surface area contributed by atoms with Crippen LogP contribution in [0.15, 0.2) is 46.9 Å². The molecule has 2 aromatic rings. The van der Waals surface area contributed by atoms with Gasteiger partial charge in [0.25, 0.3) is 0 Å². The van der Waals surface area contributed by atoms with Gasteiger partial charge in [-0.15, -0.1) is 0 Å². The van der Waals surface area contributed by atoms with E-state index in [9.17, 15) is 4.79 Å². The molecule has 2 aliphatic heterocycles. The van der Waals surface area contributed by atoms with Crippen LogP contribution in [0.2, 0.25) is 5.02 Å². The zero-order valence-electron chi connectivity index (χ0n) is 13.3. The largest absolute Gasteiger partial charge is 0.368 e. The molecule has 0 N–H and O–H groups in total. The first-order valence-corrected chi connectivity index (χ1v) is 9.10. The molecule has 4 rings (SSSR count). The maximum Gasteiger partial charge on any atom is 0.233 e. The quantitative estimate of drug-likeness (QED) is 0.734. The van der Waals surface area contributed by atoms with Crippen molar-refractivity contribution in [1.82, 2.24) is 4.90 Å². The molecule has 0 saturated carbocycles. The maximum absolute atomic E-state index is 13.1. The van der Waals surface area contributed by atoms with Crippen LogP contribution in [-0.2, 0) is 22.7 Å². The molecular formula is C19H17BrClNO2. The highest BCUT2D eigenvalue weighted by Crippen LogP contribution is 2.48. The van der Waals surface area contributed by atoms with E-state index in [1.165, 1.54) is 0 Å². The molecule has 24 heavy (non-hydrogen) atoms. The Morgan fingerprint density at radius 1 is 1.29 bits per heavy atom. The second-order valence-electron chi connectivity index (χ2n) is 6.64.